The molecular weight excluding hydrogens is 277 g/mol. The molecule has 2 nitrogen and oxygen atoms in total. The number of hydrogen-bond acceptors (Lipinski definition) is 3. The Kier molecular flexibility index (Phi) is 3.82. The monoisotopic (exact) mass is 285 g/mol. The molecule has 1 aromatic heterocycles. The van der Waals surface area contributed by atoms with E-state index in [2.05, 4.69) is 4.98 Å². The van der Waals surface area contributed by atoms with Gasteiger partial charge in [0.15, 0.2) is 5.78 Å². The minimum absolute atomic E-state index is 0.0379. The number of halogens is 2. The third-order valence-corrected chi connectivity index (χ3v) is 3.94. The average Bonchev–Trinajstić information content (AvgIpc) is 2.71. The lowest BCUT2D eigenvalue weighted by molar-refractivity contribution is 0.102. The van der Waals surface area contributed by atoms with Gasteiger partial charge < -0.3 is 0 Å². The van der Waals surface area contributed by atoms with Gasteiger partial charge in [-0.1, -0.05) is 29.3 Å². The number of benzene rings is 1. The van der Waals surface area contributed by atoms with Gasteiger partial charge in [-0.05, 0) is 17.7 Å². The van der Waals surface area contributed by atoms with Crippen LogP contribution in [0, 0.1) is 0 Å². The second-order valence-electron chi connectivity index (χ2n) is 3.59. The van der Waals surface area contributed by atoms with E-state index in [0.29, 0.717) is 21.3 Å². The van der Waals surface area contributed by atoms with Crippen LogP contribution < -0.4 is 0 Å². The van der Waals surface area contributed by atoms with Gasteiger partial charge in [0.25, 0.3) is 0 Å². The Labute approximate surface area is 113 Å². The molecule has 0 unspecified atom stereocenters. The summed E-state index contributed by atoms with van der Waals surface area (Å²) >= 11 is 13.3. The highest BCUT2D eigenvalue weighted by Crippen LogP contribution is 2.25. The van der Waals surface area contributed by atoms with Crippen LogP contribution in [0.5, 0.6) is 0 Å². The topological polar surface area (TPSA) is 30.0 Å². The SMILES string of the molecule is CC(=O)c1cnc(Cc2ccc(Cl)cc2Cl)s1. The van der Waals surface area contributed by atoms with Gasteiger partial charge in [0, 0.05) is 29.6 Å². The van der Waals surface area contributed by atoms with E-state index < -0.39 is 0 Å². The van der Waals surface area contributed by atoms with E-state index in [9.17, 15) is 4.79 Å². The summed E-state index contributed by atoms with van der Waals surface area (Å²) in [5.41, 5.74) is 0.959. The number of nitrogens with zero attached hydrogens (tertiary/aromatic N) is 1. The van der Waals surface area contributed by atoms with Crippen molar-refractivity contribution in [2.24, 2.45) is 0 Å². The highest BCUT2D eigenvalue weighted by molar-refractivity contribution is 7.13. The van der Waals surface area contributed by atoms with Crippen LogP contribution in [0.4, 0.5) is 0 Å². The minimum atomic E-state index is 0.0379. The molecule has 2 rings (SSSR count). The molecular formula is C12H9Cl2NOS. The molecule has 0 radical (unpaired) electrons. The van der Waals surface area contributed by atoms with Crippen LogP contribution in [-0.4, -0.2) is 10.8 Å². The fraction of sp³-hybridized carbons (Fsp3) is 0.167. The van der Waals surface area contributed by atoms with E-state index in [4.69, 9.17) is 23.2 Å². The van der Waals surface area contributed by atoms with Crippen molar-refractivity contribution in [1.82, 2.24) is 4.98 Å². The van der Waals surface area contributed by atoms with Gasteiger partial charge >= 0.3 is 0 Å². The Balaban J connectivity index is 2.22. The summed E-state index contributed by atoms with van der Waals surface area (Å²) in [5.74, 6) is 0.0379. The number of hydrogen-bond donors (Lipinski definition) is 0. The third-order valence-electron chi connectivity index (χ3n) is 2.26. The van der Waals surface area contributed by atoms with Crippen LogP contribution in [0.3, 0.4) is 0 Å². The molecule has 0 saturated heterocycles. The van der Waals surface area contributed by atoms with Gasteiger partial charge in [0.05, 0.1) is 9.88 Å². The van der Waals surface area contributed by atoms with Gasteiger partial charge in [-0.3, -0.25) is 4.79 Å². The van der Waals surface area contributed by atoms with Gasteiger partial charge in [-0.15, -0.1) is 11.3 Å². The summed E-state index contributed by atoms with van der Waals surface area (Å²) in [4.78, 5) is 16.0. The van der Waals surface area contributed by atoms with Crippen molar-refractivity contribution in [1.29, 1.82) is 0 Å². The zero-order chi connectivity index (χ0) is 12.4. The predicted molar refractivity (Wildman–Crippen MR) is 71.4 cm³/mol. The number of carbonyl (C=O) groups excluding carboxylic acids is 1. The minimum Gasteiger partial charge on any atom is -0.294 e. The van der Waals surface area contributed by atoms with E-state index in [0.717, 1.165) is 10.6 Å². The van der Waals surface area contributed by atoms with Crippen LogP contribution in [0.15, 0.2) is 24.4 Å². The van der Waals surface area contributed by atoms with Crippen molar-refractivity contribution in [3.63, 3.8) is 0 Å². The normalized spacial score (nSPS) is 10.5. The maximum absolute atomic E-state index is 11.1. The standard InChI is InChI=1S/C12H9Cl2NOS/c1-7(16)11-6-15-12(17-11)4-8-2-3-9(13)5-10(8)14/h2-3,5-6H,4H2,1H3. The first-order valence-electron chi connectivity index (χ1n) is 4.96. The number of rotatable bonds is 3. The van der Waals surface area contributed by atoms with Crippen LogP contribution in [-0.2, 0) is 6.42 Å². The second kappa shape index (κ2) is 5.17. The average molecular weight is 286 g/mol. The molecule has 0 spiro atoms. The van der Waals surface area contributed by atoms with Gasteiger partial charge in [0.2, 0.25) is 0 Å². The highest BCUT2D eigenvalue weighted by Gasteiger charge is 2.08. The molecule has 0 amide bonds. The molecule has 2 aromatic rings. The van der Waals surface area contributed by atoms with Crippen LogP contribution in [0.25, 0.3) is 0 Å². The van der Waals surface area contributed by atoms with Crippen molar-refractivity contribution >= 4 is 40.3 Å². The largest absolute Gasteiger partial charge is 0.294 e. The third kappa shape index (κ3) is 3.06. The van der Waals surface area contributed by atoms with Crippen LogP contribution >= 0.6 is 34.5 Å². The van der Waals surface area contributed by atoms with E-state index in [1.54, 1.807) is 18.3 Å². The molecule has 1 aromatic carbocycles. The number of aromatic nitrogens is 1. The fourth-order valence-electron chi connectivity index (χ4n) is 1.38. The lowest BCUT2D eigenvalue weighted by atomic mass is 10.1. The number of thiazole rings is 1. The zero-order valence-electron chi connectivity index (χ0n) is 9.04. The van der Waals surface area contributed by atoms with Crippen molar-refractivity contribution in [2.75, 3.05) is 0 Å². The molecule has 0 saturated carbocycles. The van der Waals surface area contributed by atoms with Crippen LogP contribution in [0.1, 0.15) is 27.2 Å². The lowest BCUT2D eigenvalue weighted by Crippen LogP contribution is -1.88. The Morgan fingerprint density at radius 2 is 2.18 bits per heavy atom. The summed E-state index contributed by atoms with van der Waals surface area (Å²) < 4.78 is 0. The molecule has 1 heterocycles. The number of ketones is 1. The first-order valence-corrected chi connectivity index (χ1v) is 6.53. The van der Waals surface area contributed by atoms with Gasteiger partial charge in [0.1, 0.15) is 0 Å². The zero-order valence-corrected chi connectivity index (χ0v) is 11.4. The number of Topliss-reactive ketones (excluding diaryl/α,β-unsaturated/α-hetero) is 1. The van der Waals surface area contributed by atoms with Crippen molar-refractivity contribution < 1.29 is 4.79 Å². The molecule has 17 heavy (non-hydrogen) atoms. The Morgan fingerprint density at radius 3 is 2.76 bits per heavy atom. The van der Waals surface area contributed by atoms with Gasteiger partial charge in [-0.2, -0.15) is 0 Å². The van der Waals surface area contributed by atoms with Crippen LogP contribution in [0.2, 0.25) is 10.0 Å². The molecule has 0 aliphatic rings. The van der Waals surface area contributed by atoms with Crippen molar-refractivity contribution in [3.8, 4) is 0 Å². The predicted octanol–water partition coefficient (Wildman–Crippen LogP) is 4.24. The molecule has 0 N–H and O–H groups in total. The molecule has 0 aliphatic carbocycles. The van der Waals surface area contributed by atoms with Crippen molar-refractivity contribution in [2.45, 2.75) is 13.3 Å². The molecule has 88 valence electrons. The van der Waals surface area contributed by atoms with E-state index >= 15 is 0 Å². The Hall–Kier alpha value is -0.900. The molecule has 0 fully saturated rings. The quantitative estimate of drug-likeness (QED) is 0.790. The summed E-state index contributed by atoms with van der Waals surface area (Å²) in [6, 6.07) is 5.37. The lowest BCUT2D eigenvalue weighted by Gasteiger charge is -2.01. The molecule has 0 bridgehead atoms. The van der Waals surface area contributed by atoms with E-state index in [-0.39, 0.29) is 5.78 Å². The summed E-state index contributed by atoms with van der Waals surface area (Å²) in [7, 11) is 0. The molecule has 0 aliphatic heterocycles. The summed E-state index contributed by atoms with van der Waals surface area (Å²) in [5, 5.41) is 2.11. The number of carbonyl (C=O) groups is 1. The fourth-order valence-corrected chi connectivity index (χ4v) is 2.69. The highest BCUT2D eigenvalue weighted by atomic mass is 35.5. The first-order chi connectivity index (χ1) is 8.06. The Morgan fingerprint density at radius 1 is 1.41 bits per heavy atom. The summed E-state index contributed by atoms with van der Waals surface area (Å²) in [6.07, 6.45) is 2.22. The van der Waals surface area contributed by atoms with Gasteiger partial charge in [-0.25, -0.2) is 4.98 Å². The maximum Gasteiger partial charge on any atom is 0.171 e. The second-order valence-corrected chi connectivity index (χ2v) is 5.55. The molecule has 0 atom stereocenters. The smallest absolute Gasteiger partial charge is 0.171 e. The Bertz CT molecular complexity index is 565. The van der Waals surface area contributed by atoms with E-state index in [1.807, 2.05) is 6.07 Å². The maximum atomic E-state index is 11.1. The summed E-state index contributed by atoms with van der Waals surface area (Å²) in [6.45, 7) is 1.53. The first kappa shape index (κ1) is 12.6. The van der Waals surface area contributed by atoms with Crippen molar-refractivity contribution in [3.05, 3.63) is 49.9 Å². The van der Waals surface area contributed by atoms with E-state index in [1.165, 1.54) is 18.3 Å². The molecule has 5 heteroatoms.